The van der Waals surface area contributed by atoms with Gasteiger partial charge in [-0.3, -0.25) is 0 Å². The van der Waals surface area contributed by atoms with Crippen molar-refractivity contribution in [1.29, 1.82) is 0 Å². The predicted molar refractivity (Wildman–Crippen MR) is 60.7 cm³/mol. The average molecular weight is 213 g/mol. The van der Waals surface area contributed by atoms with Crippen molar-refractivity contribution in [1.82, 2.24) is 26.8 Å². The van der Waals surface area contributed by atoms with E-state index in [0.717, 1.165) is 25.7 Å². The molecule has 1 heterocycles. The molecule has 5 heteroatoms. The molecule has 0 bridgehead atoms. The molecule has 1 aliphatic carbocycles. The second kappa shape index (κ2) is 6.40. The largest absolute Gasteiger partial charge is 0.314 e. The summed E-state index contributed by atoms with van der Waals surface area (Å²) >= 11 is 0. The van der Waals surface area contributed by atoms with Crippen LogP contribution >= 0.6 is 0 Å². The molecule has 1 saturated heterocycles. The molecule has 5 nitrogen and oxygen atoms in total. The fourth-order valence-corrected chi connectivity index (χ4v) is 1.67. The van der Waals surface area contributed by atoms with Gasteiger partial charge in [-0.15, -0.1) is 5.23 Å². The second-order valence-electron chi connectivity index (χ2n) is 4.35. The van der Waals surface area contributed by atoms with Gasteiger partial charge in [0.05, 0.1) is 0 Å². The van der Waals surface area contributed by atoms with Crippen LogP contribution in [0.15, 0.2) is 0 Å². The van der Waals surface area contributed by atoms with Crippen LogP contribution < -0.4 is 21.6 Å². The van der Waals surface area contributed by atoms with Crippen LogP contribution in [0.25, 0.3) is 0 Å². The van der Waals surface area contributed by atoms with Gasteiger partial charge in [-0.05, 0) is 38.6 Å². The number of nitrogens with zero attached hydrogens (tertiary/aromatic N) is 1. The van der Waals surface area contributed by atoms with Crippen molar-refractivity contribution in [2.75, 3.05) is 26.2 Å². The lowest BCUT2D eigenvalue weighted by atomic mass is 10.3. The van der Waals surface area contributed by atoms with Crippen molar-refractivity contribution in [2.45, 2.75) is 38.1 Å². The molecule has 0 aromatic rings. The minimum absolute atomic E-state index is 0.850. The van der Waals surface area contributed by atoms with E-state index in [4.69, 9.17) is 0 Å². The van der Waals surface area contributed by atoms with Gasteiger partial charge in [0.15, 0.2) is 0 Å². The minimum Gasteiger partial charge on any atom is -0.314 e. The third kappa shape index (κ3) is 4.90. The van der Waals surface area contributed by atoms with E-state index in [-0.39, 0.29) is 0 Å². The summed E-state index contributed by atoms with van der Waals surface area (Å²) in [5.41, 5.74) is 9.78. The first-order valence-electron chi connectivity index (χ1n) is 6.19. The van der Waals surface area contributed by atoms with E-state index in [1.165, 1.54) is 38.6 Å². The maximum Gasteiger partial charge on any atom is 0.0142 e. The van der Waals surface area contributed by atoms with Gasteiger partial charge in [-0.1, -0.05) is 0 Å². The van der Waals surface area contributed by atoms with E-state index in [1.807, 2.05) is 5.23 Å². The van der Waals surface area contributed by atoms with Gasteiger partial charge in [0.25, 0.3) is 0 Å². The van der Waals surface area contributed by atoms with E-state index in [9.17, 15) is 0 Å². The summed E-state index contributed by atoms with van der Waals surface area (Å²) in [6.45, 7) is 4.33. The third-order valence-corrected chi connectivity index (χ3v) is 2.78. The summed E-state index contributed by atoms with van der Waals surface area (Å²) in [5.74, 6) is 0. The number of hydrogen-bond acceptors (Lipinski definition) is 5. The first-order chi connectivity index (χ1) is 7.45. The zero-order valence-electron chi connectivity index (χ0n) is 9.39. The Kier molecular flexibility index (Phi) is 4.82. The van der Waals surface area contributed by atoms with Crippen molar-refractivity contribution in [3.8, 4) is 0 Å². The Balaban J connectivity index is 1.37. The highest BCUT2D eigenvalue weighted by Crippen LogP contribution is 2.18. The summed E-state index contributed by atoms with van der Waals surface area (Å²) in [4.78, 5) is 0. The van der Waals surface area contributed by atoms with Gasteiger partial charge in [0, 0.05) is 25.7 Å². The summed E-state index contributed by atoms with van der Waals surface area (Å²) in [7, 11) is 0. The van der Waals surface area contributed by atoms with Crippen LogP contribution in [0.2, 0.25) is 0 Å². The molecule has 0 amide bonds. The second-order valence-corrected chi connectivity index (χ2v) is 4.35. The molecule has 2 rings (SSSR count). The first kappa shape index (κ1) is 11.3. The molecule has 0 radical (unpaired) electrons. The lowest BCUT2D eigenvalue weighted by Crippen LogP contribution is -2.60. The molecular weight excluding hydrogens is 190 g/mol. The Morgan fingerprint density at radius 1 is 1.07 bits per heavy atom. The van der Waals surface area contributed by atoms with Crippen LogP contribution in [-0.2, 0) is 0 Å². The molecule has 0 unspecified atom stereocenters. The molecule has 88 valence electrons. The summed E-state index contributed by atoms with van der Waals surface area (Å²) in [6, 6.07) is 0.850. The van der Waals surface area contributed by atoms with Crippen molar-refractivity contribution in [2.24, 2.45) is 0 Å². The number of unbranched alkanes of at least 4 members (excludes halogenated alkanes) is 1. The van der Waals surface area contributed by atoms with E-state index >= 15 is 0 Å². The molecule has 15 heavy (non-hydrogen) atoms. The number of hydrogen-bond donors (Lipinski definition) is 4. The third-order valence-electron chi connectivity index (χ3n) is 2.78. The number of nitrogens with one attached hydrogen (secondary N) is 4. The van der Waals surface area contributed by atoms with Crippen molar-refractivity contribution in [3.63, 3.8) is 0 Å². The quantitative estimate of drug-likeness (QED) is 0.439. The molecule has 2 fully saturated rings. The highest BCUT2D eigenvalue weighted by molar-refractivity contribution is 4.80. The van der Waals surface area contributed by atoms with Gasteiger partial charge in [0.1, 0.15) is 0 Å². The lowest BCUT2D eigenvalue weighted by molar-refractivity contribution is 0.0246. The van der Waals surface area contributed by atoms with Crippen LogP contribution in [0, 0.1) is 0 Å². The smallest absolute Gasteiger partial charge is 0.0142 e. The fraction of sp³-hybridized carbons (Fsp3) is 1.00. The van der Waals surface area contributed by atoms with E-state index in [1.54, 1.807) is 0 Å². The van der Waals surface area contributed by atoms with Gasteiger partial charge in [-0.25, -0.2) is 16.3 Å². The van der Waals surface area contributed by atoms with Crippen molar-refractivity contribution in [3.05, 3.63) is 0 Å². The average Bonchev–Trinajstić information content (AvgIpc) is 3.09. The standard InChI is InChI=1S/C10H23N5/c1(6-11-10-4-5-10)2-7-12-15-13-8-3-9-14-15/h10-14H,1-9H2. The number of rotatable bonds is 7. The predicted octanol–water partition coefficient (Wildman–Crippen LogP) is -0.262. The van der Waals surface area contributed by atoms with Gasteiger partial charge < -0.3 is 5.32 Å². The summed E-state index contributed by atoms with van der Waals surface area (Å²) < 4.78 is 0. The van der Waals surface area contributed by atoms with Crippen LogP contribution in [-0.4, -0.2) is 37.4 Å². The Hall–Kier alpha value is -0.200. The zero-order valence-corrected chi connectivity index (χ0v) is 9.39. The first-order valence-corrected chi connectivity index (χ1v) is 6.19. The van der Waals surface area contributed by atoms with Gasteiger partial charge >= 0.3 is 0 Å². The topological polar surface area (TPSA) is 51.4 Å². The number of hydrazine groups is 3. The zero-order chi connectivity index (χ0) is 10.3. The molecule has 1 saturated carbocycles. The highest BCUT2D eigenvalue weighted by atomic mass is 15.9. The van der Waals surface area contributed by atoms with Crippen molar-refractivity contribution < 1.29 is 0 Å². The molecule has 0 spiro atoms. The monoisotopic (exact) mass is 213 g/mol. The van der Waals surface area contributed by atoms with Crippen LogP contribution in [0.1, 0.15) is 32.1 Å². The Morgan fingerprint density at radius 3 is 2.53 bits per heavy atom. The normalized spacial score (nSPS) is 23.2. The maximum atomic E-state index is 3.52. The molecule has 1 aliphatic heterocycles. The molecule has 4 N–H and O–H groups in total. The summed E-state index contributed by atoms with van der Waals surface area (Å²) in [6.07, 6.45) is 6.46. The van der Waals surface area contributed by atoms with E-state index < -0.39 is 0 Å². The van der Waals surface area contributed by atoms with Crippen molar-refractivity contribution >= 4 is 0 Å². The molecular formula is C10H23N5. The highest BCUT2D eigenvalue weighted by Gasteiger charge is 2.19. The molecule has 0 atom stereocenters. The Bertz CT molecular complexity index is 165. The molecule has 2 aliphatic rings. The van der Waals surface area contributed by atoms with Gasteiger partial charge in [-0.2, -0.15) is 0 Å². The Morgan fingerprint density at radius 2 is 1.80 bits per heavy atom. The fourth-order valence-electron chi connectivity index (χ4n) is 1.67. The minimum atomic E-state index is 0.850. The van der Waals surface area contributed by atoms with Gasteiger partial charge in [0.2, 0.25) is 0 Å². The lowest BCUT2D eigenvalue weighted by Gasteiger charge is -2.28. The van der Waals surface area contributed by atoms with Crippen LogP contribution in [0.3, 0.4) is 0 Å². The molecule has 0 aromatic carbocycles. The van der Waals surface area contributed by atoms with Crippen LogP contribution in [0.5, 0.6) is 0 Å². The maximum absolute atomic E-state index is 3.52. The molecule has 0 aromatic heterocycles. The summed E-state index contributed by atoms with van der Waals surface area (Å²) in [5, 5.41) is 5.42. The SMILES string of the molecule is C(CCNN1NCCCN1)CNC1CC1. The Labute approximate surface area is 91.9 Å². The van der Waals surface area contributed by atoms with E-state index in [2.05, 4.69) is 21.6 Å². The van der Waals surface area contributed by atoms with Crippen LogP contribution in [0.4, 0.5) is 0 Å². The van der Waals surface area contributed by atoms with E-state index in [0.29, 0.717) is 0 Å².